The molecule has 0 fully saturated rings. The monoisotopic (exact) mass is 316 g/mol. The van der Waals surface area contributed by atoms with Crippen LogP contribution in [0.25, 0.3) is 0 Å². The molecule has 0 saturated carbocycles. The van der Waals surface area contributed by atoms with Gasteiger partial charge in [-0.2, -0.15) is 0 Å². The van der Waals surface area contributed by atoms with Gasteiger partial charge in [0.25, 0.3) is 0 Å². The summed E-state index contributed by atoms with van der Waals surface area (Å²) in [6, 6.07) is 2.86. The molecule has 0 bridgehead atoms. The number of ether oxygens (including phenoxy) is 2. The van der Waals surface area contributed by atoms with Gasteiger partial charge in [0, 0.05) is 19.2 Å². The number of hydrogen-bond donors (Lipinski definition) is 2. The molecule has 2 N–H and O–H groups in total. The molecule has 1 aromatic rings. The van der Waals surface area contributed by atoms with Crippen molar-refractivity contribution >= 4 is 23.3 Å². The Morgan fingerprint density at radius 3 is 2.48 bits per heavy atom. The van der Waals surface area contributed by atoms with E-state index in [4.69, 9.17) is 26.2 Å². The zero-order valence-corrected chi connectivity index (χ0v) is 13.2. The number of rotatable bonds is 7. The van der Waals surface area contributed by atoms with Crippen molar-refractivity contribution in [2.45, 2.75) is 13.3 Å². The van der Waals surface area contributed by atoms with Gasteiger partial charge in [0.1, 0.15) is 11.5 Å². The molecule has 2 amide bonds. The van der Waals surface area contributed by atoms with Gasteiger partial charge in [-0.1, -0.05) is 18.5 Å². The predicted molar refractivity (Wildman–Crippen MR) is 82.5 cm³/mol. The smallest absolute Gasteiger partial charge is 0.322 e. The van der Waals surface area contributed by atoms with Crippen molar-refractivity contribution in [3.8, 4) is 11.5 Å². The van der Waals surface area contributed by atoms with Crippen molar-refractivity contribution in [2.24, 2.45) is 0 Å². The van der Waals surface area contributed by atoms with Crippen molar-refractivity contribution in [2.75, 3.05) is 39.2 Å². The highest BCUT2D eigenvalue weighted by molar-refractivity contribution is 6.32. The van der Waals surface area contributed by atoms with Crippen LogP contribution in [0, 0.1) is 0 Å². The molecule has 118 valence electrons. The number of amides is 2. The Morgan fingerprint density at radius 2 is 1.95 bits per heavy atom. The summed E-state index contributed by atoms with van der Waals surface area (Å²) in [5.41, 5.74) is 0.451. The fourth-order valence-corrected chi connectivity index (χ4v) is 2.10. The van der Waals surface area contributed by atoms with Gasteiger partial charge < -0.3 is 24.8 Å². The van der Waals surface area contributed by atoms with Gasteiger partial charge in [-0.25, -0.2) is 4.79 Å². The molecule has 0 heterocycles. The van der Waals surface area contributed by atoms with Gasteiger partial charge in [-0.05, 0) is 12.5 Å². The van der Waals surface area contributed by atoms with Gasteiger partial charge >= 0.3 is 6.03 Å². The summed E-state index contributed by atoms with van der Waals surface area (Å²) in [4.78, 5) is 13.7. The Morgan fingerprint density at radius 1 is 1.29 bits per heavy atom. The Balaban J connectivity index is 2.95. The highest BCUT2D eigenvalue weighted by Crippen LogP contribution is 2.35. The lowest BCUT2D eigenvalue weighted by Gasteiger charge is -2.22. The van der Waals surface area contributed by atoms with Crippen LogP contribution in [0.4, 0.5) is 10.5 Å². The molecule has 0 aromatic heterocycles. The van der Waals surface area contributed by atoms with E-state index in [0.29, 0.717) is 28.8 Å². The molecule has 0 atom stereocenters. The molecule has 0 radical (unpaired) electrons. The number of hydrogen-bond acceptors (Lipinski definition) is 4. The van der Waals surface area contributed by atoms with E-state index in [0.717, 1.165) is 6.42 Å². The summed E-state index contributed by atoms with van der Waals surface area (Å²) in [5.74, 6) is 0.914. The highest BCUT2D eigenvalue weighted by Gasteiger charge is 2.16. The van der Waals surface area contributed by atoms with Gasteiger partial charge in [-0.3, -0.25) is 0 Å². The number of methoxy groups -OCH3 is 2. The van der Waals surface area contributed by atoms with Crippen LogP contribution >= 0.6 is 11.6 Å². The van der Waals surface area contributed by atoms with E-state index in [1.807, 2.05) is 6.92 Å². The van der Waals surface area contributed by atoms with Crippen molar-refractivity contribution in [3.63, 3.8) is 0 Å². The first-order valence-corrected chi connectivity index (χ1v) is 7.03. The average Bonchev–Trinajstić information content (AvgIpc) is 2.47. The summed E-state index contributed by atoms with van der Waals surface area (Å²) in [7, 11) is 3.00. The molecule has 0 aliphatic heterocycles. The number of halogens is 1. The number of nitrogens with zero attached hydrogens (tertiary/aromatic N) is 1. The molecule has 0 unspecified atom stereocenters. The molecule has 6 nitrogen and oxygen atoms in total. The van der Waals surface area contributed by atoms with Crippen LogP contribution in [0.1, 0.15) is 13.3 Å². The minimum atomic E-state index is -0.314. The molecule has 0 saturated heterocycles. The predicted octanol–water partition coefficient (Wildman–Crippen LogP) is 2.59. The lowest BCUT2D eigenvalue weighted by molar-refractivity contribution is 0.188. The van der Waals surface area contributed by atoms with Crippen LogP contribution in [0.5, 0.6) is 11.5 Å². The third-order valence-corrected chi connectivity index (χ3v) is 3.16. The molecule has 1 aromatic carbocycles. The maximum absolute atomic E-state index is 12.2. The quantitative estimate of drug-likeness (QED) is 0.811. The molecule has 7 heteroatoms. The van der Waals surface area contributed by atoms with Crippen molar-refractivity contribution in [1.29, 1.82) is 0 Å². The largest absolute Gasteiger partial charge is 0.495 e. The van der Waals surface area contributed by atoms with E-state index in [1.54, 1.807) is 12.1 Å². The number of aliphatic hydroxyl groups is 1. The number of carbonyl (C=O) groups excluding carboxylic acids is 1. The molecule has 0 aliphatic rings. The van der Waals surface area contributed by atoms with Crippen molar-refractivity contribution in [3.05, 3.63) is 17.2 Å². The fraction of sp³-hybridized carbons (Fsp3) is 0.500. The van der Waals surface area contributed by atoms with E-state index in [9.17, 15) is 4.79 Å². The second-order valence-corrected chi connectivity index (χ2v) is 4.74. The third-order valence-electron chi connectivity index (χ3n) is 2.87. The van der Waals surface area contributed by atoms with E-state index in [-0.39, 0.29) is 19.2 Å². The Labute approximate surface area is 129 Å². The van der Waals surface area contributed by atoms with Crippen LogP contribution in [0.15, 0.2) is 12.1 Å². The summed E-state index contributed by atoms with van der Waals surface area (Å²) < 4.78 is 10.3. The lowest BCUT2D eigenvalue weighted by Crippen LogP contribution is -2.37. The summed E-state index contributed by atoms with van der Waals surface area (Å²) in [6.07, 6.45) is 0.800. The van der Waals surface area contributed by atoms with Gasteiger partial charge in [0.2, 0.25) is 0 Å². The molecular formula is C14H21ClN2O4. The number of urea groups is 1. The average molecular weight is 317 g/mol. The van der Waals surface area contributed by atoms with Crippen LogP contribution in [0.3, 0.4) is 0 Å². The zero-order chi connectivity index (χ0) is 15.8. The van der Waals surface area contributed by atoms with Crippen LogP contribution in [-0.4, -0.2) is 50.0 Å². The highest BCUT2D eigenvalue weighted by atomic mass is 35.5. The van der Waals surface area contributed by atoms with E-state index >= 15 is 0 Å². The van der Waals surface area contributed by atoms with E-state index < -0.39 is 0 Å². The van der Waals surface area contributed by atoms with Crippen LogP contribution in [-0.2, 0) is 0 Å². The standard InChI is InChI=1S/C14H21ClN2O4/c1-4-5-17(6-7-18)14(19)16-11-8-10(15)12(20-2)9-13(11)21-3/h8-9,18H,4-7H2,1-3H3,(H,16,19). The molecule has 21 heavy (non-hydrogen) atoms. The molecule has 0 aliphatic carbocycles. The van der Waals surface area contributed by atoms with Crippen molar-refractivity contribution < 1.29 is 19.4 Å². The maximum atomic E-state index is 12.2. The zero-order valence-electron chi connectivity index (χ0n) is 12.5. The van der Waals surface area contributed by atoms with Gasteiger partial charge in [-0.15, -0.1) is 0 Å². The van der Waals surface area contributed by atoms with Gasteiger partial charge in [0.15, 0.2) is 0 Å². The normalized spacial score (nSPS) is 10.1. The van der Waals surface area contributed by atoms with Crippen LogP contribution in [0.2, 0.25) is 5.02 Å². The lowest BCUT2D eigenvalue weighted by atomic mass is 10.2. The number of anilines is 1. The first-order chi connectivity index (χ1) is 10.1. The Kier molecular flexibility index (Phi) is 7.11. The first-order valence-electron chi connectivity index (χ1n) is 6.65. The topological polar surface area (TPSA) is 71.0 Å². The molecular weight excluding hydrogens is 296 g/mol. The molecule has 1 rings (SSSR count). The number of aliphatic hydroxyl groups excluding tert-OH is 1. The van der Waals surface area contributed by atoms with E-state index in [2.05, 4.69) is 5.32 Å². The first kappa shape index (κ1) is 17.4. The minimum Gasteiger partial charge on any atom is -0.495 e. The number of benzene rings is 1. The maximum Gasteiger partial charge on any atom is 0.322 e. The summed E-state index contributed by atoms with van der Waals surface area (Å²) in [5, 5.41) is 12.1. The third kappa shape index (κ3) is 4.68. The number of nitrogens with one attached hydrogen (secondary N) is 1. The summed E-state index contributed by atoms with van der Waals surface area (Å²) in [6.45, 7) is 2.70. The fourth-order valence-electron chi connectivity index (χ4n) is 1.86. The number of carbonyl (C=O) groups is 1. The van der Waals surface area contributed by atoms with E-state index in [1.165, 1.54) is 19.1 Å². The van der Waals surface area contributed by atoms with Gasteiger partial charge in [0.05, 0.1) is 31.5 Å². The second-order valence-electron chi connectivity index (χ2n) is 4.33. The molecule has 0 spiro atoms. The minimum absolute atomic E-state index is 0.0894. The van der Waals surface area contributed by atoms with Crippen molar-refractivity contribution in [1.82, 2.24) is 4.90 Å². The second kappa shape index (κ2) is 8.59. The van der Waals surface area contributed by atoms with Crippen LogP contribution < -0.4 is 14.8 Å². The summed E-state index contributed by atoms with van der Waals surface area (Å²) >= 11 is 6.06. The Hall–Kier alpha value is -1.66. The Bertz CT molecular complexity index is 476. The SMILES string of the molecule is CCCN(CCO)C(=O)Nc1cc(Cl)c(OC)cc1OC.